The number of benzene rings is 1. The third-order valence-corrected chi connectivity index (χ3v) is 2.11. The van der Waals surface area contributed by atoms with Crippen LogP contribution in [0.3, 0.4) is 0 Å². The van der Waals surface area contributed by atoms with Crippen molar-refractivity contribution in [2.45, 2.75) is 0 Å². The van der Waals surface area contributed by atoms with Gasteiger partial charge in [-0.3, -0.25) is 19.7 Å². The van der Waals surface area contributed by atoms with Gasteiger partial charge in [0.1, 0.15) is 0 Å². The summed E-state index contributed by atoms with van der Waals surface area (Å²) in [5.74, 6) is -0.974. The van der Waals surface area contributed by atoms with E-state index in [0.717, 1.165) is 12.1 Å². The Morgan fingerprint density at radius 3 is 1.76 bits per heavy atom. The van der Waals surface area contributed by atoms with Crippen LogP contribution < -0.4 is 10.6 Å². The monoisotopic (exact) mass is 237 g/mol. The van der Waals surface area contributed by atoms with Crippen molar-refractivity contribution in [1.82, 2.24) is 10.6 Å². The Hall–Kier alpha value is -2.44. The van der Waals surface area contributed by atoms with Gasteiger partial charge in [-0.15, -0.1) is 0 Å². The quantitative estimate of drug-likeness (QED) is 0.583. The van der Waals surface area contributed by atoms with Crippen LogP contribution >= 0.6 is 0 Å². The van der Waals surface area contributed by atoms with E-state index in [1.54, 1.807) is 0 Å². The summed E-state index contributed by atoms with van der Waals surface area (Å²) in [5.41, 5.74) is -0.162. The van der Waals surface area contributed by atoms with E-state index in [2.05, 4.69) is 10.6 Å². The van der Waals surface area contributed by atoms with Crippen molar-refractivity contribution in [3.63, 3.8) is 0 Å². The minimum atomic E-state index is -0.654. The highest BCUT2D eigenvalue weighted by Crippen LogP contribution is 2.17. The van der Waals surface area contributed by atoms with Crippen LogP contribution in [0.15, 0.2) is 18.2 Å². The maximum atomic E-state index is 11.4. The van der Waals surface area contributed by atoms with Crippen LogP contribution in [0, 0.1) is 10.1 Å². The van der Waals surface area contributed by atoms with Gasteiger partial charge in [0.2, 0.25) is 0 Å². The van der Waals surface area contributed by atoms with E-state index >= 15 is 0 Å². The van der Waals surface area contributed by atoms with Crippen LogP contribution in [0.25, 0.3) is 0 Å². The second-order valence-corrected chi connectivity index (χ2v) is 3.18. The zero-order valence-electron chi connectivity index (χ0n) is 9.31. The van der Waals surface area contributed by atoms with Crippen molar-refractivity contribution in [1.29, 1.82) is 0 Å². The molecule has 17 heavy (non-hydrogen) atoms. The van der Waals surface area contributed by atoms with Gasteiger partial charge >= 0.3 is 0 Å². The lowest BCUT2D eigenvalue weighted by Crippen LogP contribution is -2.21. The molecular weight excluding hydrogens is 226 g/mol. The van der Waals surface area contributed by atoms with Gasteiger partial charge in [-0.25, -0.2) is 0 Å². The van der Waals surface area contributed by atoms with Crippen molar-refractivity contribution >= 4 is 17.5 Å². The molecule has 1 aromatic carbocycles. The zero-order valence-corrected chi connectivity index (χ0v) is 9.31. The maximum absolute atomic E-state index is 11.4. The molecule has 2 amide bonds. The Morgan fingerprint density at radius 1 is 1.06 bits per heavy atom. The minimum Gasteiger partial charge on any atom is -0.355 e. The van der Waals surface area contributed by atoms with Gasteiger partial charge in [0.15, 0.2) is 0 Å². The van der Waals surface area contributed by atoms with Crippen LogP contribution in [-0.4, -0.2) is 30.8 Å². The van der Waals surface area contributed by atoms with E-state index in [1.165, 1.54) is 20.2 Å². The fraction of sp³-hybridized carbons (Fsp3) is 0.200. The number of carbonyl (C=O) groups excluding carboxylic acids is 2. The van der Waals surface area contributed by atoms with Crippen LogP contribution in [0.2, 0.25) is 0 Å². The van der Waals surface area contributed by atoms with E-state index in [-0.39, 0.29) is 16.8 Å². The van der Waals surface area contributed by atoms with Crippen molar-refractivity contribution < 1.29 is 14.5 Å². The first-order valence-corrected chi connectivity index (χ1v) is 4.73. The molecule has 0 bridgehead atoms. The van der Waals surface area contributed by atoms with E-state index in [0.29, 0.717) is 0 Å². The summed E-state index contributed by atoms with van der Waals surface area (Å²) < 4.78 is 0. The molecule has 0 aliphatic rings. The van der Waals surface area contributed by atoms with Crippen molar-refractivity contribution in [2.24, 2.45) is 0 Å². The highest BCUT2D eigenvalue weighted by Gasteiger charge is 2.16. The van der Waals surface area contributed by atoms with Crippen molar-refractivity contribution in [2.75, 3.05) is 14.1 Å². The molecule has 0 atom stereocenters. The predicted octanol–water partition coefficient (Wildman–Crippen LogP) is 0.314. The summed E-state index contributed by atoms with van der Waals surface area (Å²) in [6.45, 7) is 0. The smallest absolute Gasteiger partial charge is 0.271 e. The summed E-state index contributed by atoms with van der Waals surface area (Å²) >= 11 is 0. The van der Waals surface area contributed by atoms with Gasteiger partial charge in [-0.2, -0.15) is 0 Å². The van der Waals surface area contributed by atoms with Gasteiger partial charge in [-0.05, 0) is 6.07 Å². The highest BCUT2D eigenvalue weighted by atomic mass is 16.6. The first kappa shape index (κ1) is 12.6. The second kappa shape index (κ2) is 5.06. The normalized spacial score (nSPS) is 9.53. The van der Waals surface area contributed by atoms with Gasteiger partial charge in [0.25, 0.3) is 17.5 Å². The summed E-state index contributed by atoms with van der Waals surface area (Å²) in [6.07, 6.45) is 0. The summed E-state index contributed by atoms with van der Waals surface area (Å²) in [5, 5.41) is 15.3. The fourth-order valence-electron chi connectivity index (χ4n) is 1.27. The zero-order chi connectivity index (χ0) is 13.0. The molecule has 0 aliphatic heterocycles. The molecule has 0 aliphatic carbocycles. The number of carbonyl (C=O) groups is 2. The molecule has 0 saturated carbocycles. The second-order valence-electron chi connectivity index (χ2n) is 3.18. The number of nitrogens with one attached hydrogen (secondary N) is 2. The Labute approximate surface area is 97.0 Å². The molecule has 0 aromatic heterocycles. The highest BCUT2D eigenvalue weighted by molar-refractivity contribution is 6.00. The van der Waals surface area contributed by atoms with E-state index in [4.69, 9.17) is 0 Å². The van der Waals surface area contributed by atoms with Crippen LogP contribution in [-0.2, 0) is 0 Å². The third kappa shape index (κ3) is 2.77. The number of hydrogen-bond acceptors (Lipinski definition) is 4. The van der Waals surface area contributed by atoms with Gasteiger partial charge in [-0.1, -0.05) is 0 Å². The lowest BCUT2D eigenvalue weighted by Gasteiger charge is -2.04. The van der Waals surface area contributed by atoms with Gasteiger partial charge in [0.05, 0.1) is 4.92 Å². The van der Waals surface area contributed by atoms with E-state index < -0.39 is 16.7 Å². The van der Waals surface area contributed by atoms with Crippen LogP contribution in [0.5, 0.6) is 0 Å². The molecule has 7 nitrogen and oxygen atoms in total. The first-order chi connectivity index (χ1) is 7.99. The molecule has 1 rings (SSSR count). The number of nitro groups is 1. The first-order valence-electron chi connectivity index (χ1n) is 4.73. The standard InChI is InChI=1S/C10H11N3O4/c1-11-9(14)6-3-7(10(15)12-2)5-8(4-6)13(16)17/h3-5H,1-2H3,(H,11,14)(H,12,15). The fourth-order valence-corrected chi connectivity index (χ4v) is 1.27. The average molecular weight is 237 g/mol. The number of nitrogens with zero attached hydrogens (tertiary/aromatic N) is 1. The molecule has 0 fully saturated rings. The molecule has 0 unspecified atom stereocenters. The van der Waals surface area contributed by atoms with Gasteiger partial charge in [0, 0.05) is 37.4 Å². The van der Waals surface area contributed by atoms with E-state index in [9.17, 15) is 19.7 Å². The number of nitro benzene ring substituents is 1. The lowest BCUT2D eigenvalue weighted by molar-refractivity contribution is -0.384. The average Bonchev–Trinajstić information content (AvgIpc) is 2.36. The molecule has 0 spiro atoms. The maximum Gasteiger partial charge on any atom is 0.271 e. The number of non-ortho nitro benzene ring substituents is 1. The summed E-state index contributed by atoms with van der Waals surface area (Å²) in [7, 11) is 2.81. The van der Waals surface area contributed by atoms with Crippen molar-refractivity contribution in [3.8, 4) is 0 Å². The minimum absolute atomic E-state index is 0.0697. The number of hydrogen-bond donors (Lipinski definition) is 2. The molecular formula is C10H11N3O4. The third-order valence-electron chi connectivity index (χ3n) is 2.11. The molecule has 0 heterocycles. The van der Waals surface area contributed by atoms with Gasteiger partial charge < -0.3 is 10.6 Å². The van der Waals surface area contributed by atoms with Crippen LogP contribution in [0.4, 0.5) is 5.69 Å². The SMILES string of the molecule is CNC(=O)c1cc(C(=O)NC)cc([N+](=O)[O-])c1. The molecule has 0 saturated heterocycles. The summed E-state index contributed by atoms with van der Waals surface area (Å²) in [6, 6.07) is 3.53. The molecule has 0 radical (unpaired) electrons. The largest absolute Gasteiger partial charge is 0.355 e. The predicted molar refractivity (Wildman–Crippen MR) is 59.9 cm³/mol. The van der Waals surface area contributed by atoms with Crippen molar-refractivity contribution in [3.05, 3.63) is 39.4 Å². The Bertz CT molecular complexity index is 450. The molecule has 1 aromatic rings. The Balaban J connectivity index is 3.33. The Morgan fingerprint density at radius 2 is 1.47 bits per heavy atom. The molecule has 2 N–H and O–H groups in total. The van der Waals surface area contributed by atoms with Crippen LogP contribution in [0.1, 0.15) is 20.7 Å². The number of amides is 2. The summed E-state index contributed by atoms with van der Waals surface area (Å²) in [4.78, 5) is 32.8. The number of rotatable bonds is 3. The van der Waals surface area contributed by atoms with E-state index in [1.807, 2.05) is 0 Å². The molecule has 90 valence electrons. The Kier molecular flexibility index (Phi) is 3.76. The lowest BCUT2D eigenvalue weighted by atomic mass is 10.1. The topological polar surface area (TPSA) is 101 Å². The molecule has 7 heteroatoms.